The number of carbonyl (C=O) groups is 8. The maximum absolute atomic E-state index is 14.6. The molecule has 0 saturated carbocycles. The van der Waals surface area contributed by atoms with E-state index in [1.54, 1.807) is 82.2 Å². The van der Waals surface area contributed by atoms with Gasteiger partial charge in [0, 0.05) is 171 Å². The molecule has 8 aromatic rings. The Morgan fingerprint density at radius 1 is 0.325 bits per heavy atom. The van der Waals surface area contributed by atoms with Gasteiger partial charge in [0.05, 0.1) is 83.0 Å². The summed E-state index contributed by atoms with van der Waals surface area (Å²) >= 11 is 0. The number of hydrogen-bond acceptors (Lipinski definition) is 20. The van der Waals surface area contributed by atoms with Gasteiger partial charge in [0.2, 0.25) is 23.6 Å². The van der Waals surface area contributed by atoms with E-state index in [0.29, 0.717) is 176 Å². The molecule has 0 spiro atoms. The van der Waals surface area contributed by atoms with Crippen molar-refractivity contribution in [2.75, 3.05) is 166 Å². The zero-order valence-electron chi connectivity index (χ0n) is 73.4. The average molecular weight is 1730 g/mol. The predicted octanol–water partition coefficient (Wildman–Crippen LogP) is 11.3. The Bertz CT molecular complexity index is 5200. The smallest absolute Gasteiger partial charge is 0.338 e. The highest BCUT2D eigenvalue weighted by atomic mass is 19.1. The van der Waals surface area contributed by atoms with Gasteiger partial charge in [-0.15, -0.1) is 0 Å². The first kappa shape index (κ1) is 92.0. The molecule has 4 amide bonds. The third kappa shape index (κ3) is 22.9. The van der Waals surface area contributed by atoms with Crippen molar-refractivity contribution >= 4 is 47.5 Å². The molecule has 8 aliphatic rings. The Balaban J connectivity index is 0.000000144. The lowest BCUT2D eigenvalue weighted by Gasteiger charge is -2.35. The van der Waals surface area contributed by atoms with E-state index in [4.69, 9.17) is 37.9 Å². The molecule has 0 atom stereocenters. The number of carbonyl (C=O) groups excluding carboxylic acids is 8. The second kappa shape index (κ2) is 42.5. The largest absolute Gasteiger partial charge is 0.496 e. The average Bonchev–Trinajstić information content (AvgIpc) is 1.63. The maximum Gasteiger partial charge on any atom is 0.338 e. The van der Waals surface area contributed by atoms with Crippen molar-refractivity contribution < 1.29 is 93.8 Å². The van der Waals surface area contributed by atoms with E-state index in [1.807, 2.05) is 84.3 Å². The monoisotopic (exact) mass is 1730 g/mol. The number of cyclic esters (lactones) is 4. The lowest BCUT2D eigenvalue weighted by atomic mass is 9.96. The minimum absolute atomic E-state index is 0.0103. The fourth-order valence-electron chi connectivity index (χ4n) is 17.2. The molecule has 8 heterocycles. The summed E-state index contributed by atoms with van der Waals surface area (Å²) in [6.45, 7) is 25.3. The molecular formula is C98H112F4N8O16. The minimum atomic E-state index is -0.477. The van der Waals surface area contributed by atoms with E-state index in [2.05, 4.69) is 25.7 Å². The van der Waals surface area contributed by atoms with E-state index in [9.17, 15) is 55.9 Å². The molecule has 0 aromatic heterocycles. The summed E-state index contributed by atoms with van der Waals surface area (Å²) in [4.78, 5) is 114. The van der Waals surface area contributed by atoms with Gasteiger partial charge in [-0.2, -0.15) is 0 Å². The van der Waals surface area contributed by atoms with Gasteiger partial charge in [-0.3, -0.25) is 38.8 Å². The first-order valence-electron chi connectivity index (χ1n) is 43.2. The number of nitrogens with zero attached hydrogens (tertiary/aromatic N) is 8. The van der Waals surface area contributed by atoms with Crippen molar-refractivity contribution in [3.63, 3.8) is 0 Å². The summed E-state index contributed by atoms with van der Waals surface area (Å²) in [5, 5.41) is 0. The molecule has 28 heteroatoms. The normalized spacial score (nSPS) is 16.3. The number of benzene rings is 8. The Hall–Kier alpha value is -11.7. The van der Waals surface area contributed by atoms with Gasteiger partial charge in [-0.05, 0) is 188 Å². The Kier molecular flexibility index (Phi) is 31.0. The van der Waals surface area contributed by atoms with Crippen molar-refractivity contribution in [1.82, 2.24) is 39.2 Å². The van der Waals surface area contributed by atoms with Crippen LogP contribution in [0.15, 0.2) is 115 Å². The molecule has 0 aliphatic carbocycles. The maximum atomic E-state index is 14.6. The van der Waals surface area contributed by atoms with Crippen LogP contribution in [-0.4, -0.2) is 253 Å². The third-order valence-corrected chi connectivity index (χ3v) is 25.2. The standard InChI is InChI=1S/C25H29FN2O4.C25H30N2O4.C24H26F2N2O4.C24H27FN2O4/c1-16-12-22(26)19(13-23(16)31-3)14-24(29)28-10-8-27(9-11-28)7-6-18-4-5-20-21(17(18)2)15-32-25(20)30;1-18-3-4-20(16-23(18)30-2)17-24(28)27-12-10-26(11-13-27)9-7-19-5-6-22-21(15-19)8-14-31-25(22)29;1-15-11-20(25)17(12-21(15)31-2)13-22(29)28-9-7-27(8-10-28)6-5-16-3-4-18-19(23(16)26)14-32-24(18)30;1-16-11-21(25)18(13-22(16)30-2)14-23(28)27-9-7-26(8-10-27)6-5-17-3-4-20-19(12-17)15-31-24(20)29/h4-5,12-13H,6-11,14-15H2,1-3H3;3-6,15-16H,7-14,17H2,1-2H3;3-4,11-12H,5-10,13-14H2,1-2H3;3-4,11-13H,5-10,14-15H2,1-2H3. The second-order valence-electron chi connectivity index (χ2n) is 33.2. The molecule has 24 nitrogen and oxygen atoms in total. The van der Waals surface area contributed by atoms with Crippen molar-refractivity contribution in [2.24, 2.45) is 0 Å². The van der Waals surface area contributed by atoms with Crippen molar-refractivity contribution in [2.45, 2.75) is 112 Å². The fourth-order valence-corrected chi connectivity index (χ4v) is 17.2. The molecule has 0 unspecified atom stereocenters. The third-order valence-electron chi connectivity index (χ3n) is 25.2. The quantitative estimate of drug-likeness (QED) is 0.0310. The van der Waals surface area contributed by atoms with Crippen LogP contribution in [0.3, 0.4) is 0 Å². The number of hydrogen-bond donors (Lipinski definition) is 0. The SMILES string of the molecule is COc1cc(CC(=O)N2CCN(CCc3ccc4c(c3)CCOC4=O)CC2)ccc1C.COc1cc(CC(=O)N2CCN(CCc3ccc4c(c3)COC4=O)CC2)c(F)cc1C.COc1cc(CC(=O)N2CCN(CCc3ccc4c(c3C)COC4=O)CC2)c(F)cc1C.COc1cc(CC(=O)N2CCN(CCc3ccc4c(c3F)COC4=O)CC2)c(F)cc1C. The highest BCUT2D eigenvalue weighted by Gasteiger charge is 2.32. The summed E-state index contributed by atoms with van der Waals surface area (Å²) in [7, 11) is 6.27. The summed E-state index contributed by atoms with van der Waals surface area (Å²) in [5.41, 5.74) is 16.4. The van der Waals surface area contributed by atoms with Crippen LogP contribution in [0.4, 0.5) is 17.6 Å². The molecule has 0 bridgehead atoms. The van der Waals surface area contributed by atoms with E-state index in [1.165, 1.54) is 42.0 Å². The zero-order valence-corrected chi connectivity index (χ0v) is 73.4. The summed E-state index contributed by atoms with van der Waals surface area (Å²) in [6.07, 6.45) is 4.49. The van der Waals surface area contributed by atoms with Gasteiger partial charge in [0.15, 0.2) is 0 Å². The molecule has 4 fully saturated rings. The minimum Gasteiger partial charge on any atom is -0.496 e. The molecule has 16 rings (SSSR count). The van der Waals surface area contributed by atoms with Gasteiger partial charge in [-0.25, -0.2) is 36.7 Å². The number of rotatable bonds is 24. The van der Waals surface area contributed by atoms with Gasteiger partial charge in [0.25, 0.3) is 0 Å². The highest BCUT2D eigenvalue weighted by molar-refractivity contribution is 5.95. The second-order valence-corrected chi connectivity index (χ2v) is 33.2. The summed E-state index contributed by atoms with van der Waals surface area (Å²) < 4.78 is 98.8. The molecule has 0 N–H and O–H groups in total. The van der Waals surface area contributed by atoms with Crippen LogP contribution in [0.1, 0.15) is 136 Å². The number of piperazine rings is 4. The van der Waals surface area contributed by atoms with Crippen LogP contribution in [0, 0.1) is 57.9 Å². The molecule has 668 valence electrons. The molecule has 126 heavy (non-hydrogen) atoms. The van der Waals surface area contributed by atoms with Crippen LogP contribution in [0.2, 0.25) is 0 Å². The molecular weight excluding hydrogens is 1620 g/mol. The zero-order chi connectivity index (χ0) is 89.4. The molecule has 8 aliphatic heterocycles. The van der Waals surface area contributed by atoms with Crippen LogP contribution in [0.5, 0.6) is 23.0 Å². The van der Waals surface area contributed by atoms with Crippen LogP contribution < -0.4 is 18.9 Å². The van der Waals surface area contributed by atoms with Crippen LogP contribution in [-0.2, 0) is 116 Å². The number of methoxy groups -OCH3 is 4. The summed E-state index contributed by atoms with van der Waals surface area (Å²) in [5.74, 6) is -0.164. The van der Waals surface area contributed by atoms with Crippen LogP contribution >= 0.6 is 0 Å². The number of fused-ring (bicyclic) bond motifs is 4. The van der Waals surface area contributed by atoms with Crippen molar-refractivity contribution in [3.8, 4) is 23.0 Å². The topological polar surface area (TPSA) is 236 Å². The summed E-state index contributed by atoms with van der Waals surface area (Å²) in [6, 6.07) is 34.1. The number of halogens is 4. The van der Waals surface area contributed by atoms with Crippen LogP contribution in [0.25, 0.3) is 0 Å². The van der Waals surface area contributed by atoms with Gasteiger partial charge >= 0.3 is 23.9 Å². The molecule has 0 radical (unpaired) electrons. The van der Waals surface area contributed by atoms with Crippen molar-refractivity contribution in [3.05, 3.63) is 255 Å². The molecule has 8 aromatic carbocycles. The fraction of sp³-hybridized carbons (Fsp3) is 0.429. The predicted molar refractivity (Wildman–Crippen MR) is 464 cm³/mol. The van der Waals surface area contributed by atoms with E-state index in [-0.39, 0.29) is 84.9 Å². The Labute approximate surface area is 733 Å². The lowest BCUT2D eigenvalue weighted by Crippen LogP contribution is -2.49. The van der Waals surface area contributed by atoms with Gasteiger partial charge < -0.3 is 57.5 Å². The van der Waals surface area contributed by atoms with E-state index in [0.717, 1.165) is 137 Å². The lowest BCUT2D eigenvalue weighted by molar-refractivity contribution is -0.133. The number of amides is 4. The molecule has 4 saturated heterocycles. The van der Waals surface area contributed by atoms with E-state index < -0.39 is 11.8 Å². The highest BCUT2D eigenvalue weighted by Crippen LogP contribution is 2.32. The number of aryl methyl sites for hydroxylation is 4. The Morgan fingerprint density at radius 2 is 0.667 bits per heavy atom. The Morgan fingerprint density at radius 3 is 1.11 bits per heavy atom. The first-order valence-corrected chi connectivity index (χ1v) is 43.2. The van der Waals surface area contributed by atoms with E-state index >= 15 is 0 Å². The number of ether oxygens (including phenoxy) is 8. The first-order chi connectivity index (χ1) is 60.7. The number of esters is 4. The van der Waals surface area contributed by atoms with Gasteiger partial charge in [-0.1, -0.05) is 48.5 Å². The van der Waals surface area contributed by atoms with Gasteiger partial charge in [0.1, 0.15) is 66.1 Å². The van der Waals surface area contributed by atoms with Crippen molar-refractivity contribution in [1.29, 1.82) is 0 Å².